The molecule has 1 amide bonds. The predicted molar refractivity (Wildman–Crippen MR) is 112 cm³/mol. The van der Waals surface area contributed by atoms with Gasteiger partial charge in [0.15, 0.2) is 0 Å². The van der Waals surface area contributed by atoms with Crippen LogP contribution in [-0.2, 0) is 35.1 Å². The van der Waals surface area contributed by atoms with E-state index in [1.54, 1.807) is 0 Å². The molecule has 0 unspecified atom stereocenters. The van der Waals surface area contributed by atoms with E-state index in [2.05, 4.69) is 12.2 Å². The summed E-state index contributed by atoms with van der Waals surface area (Å²) in [5.74, 6) is -0.167. The number of amides is 1. The van der Waals surface area contributed by atoms with Crippen molar-refractivity contribution in [3.63, 3.8) is 0 Å². The third-order valence-electron chi connectivity index (χ3n) is 3.95. The van der Waals surface area contributed by atoms with Crippen LogP contribution in [0.4, 0.5) is 4.79 Å². The summed E-state index contributed by atoms with van der Waals surface area (Å²) < 4.78 is 26.2. The standard InChI is InChI=1S/C22H35NO7/c1-2-3-5-10-21(24)29-18-17-28-16-15-27-14-13-26-12-11-23-22(25)30-19-20-8-6-4-7-9-20/h4,6-9H,2-3,5,10-19H2,1H3,(H,23,25). The minimum absolute atomic E-state index is 0.167. The summed E-state index contributed by atoms with van der Waals surface area (Å²) in [7, 11) is 0. The highest BCUT2D eigenvalue weighted by Crippen LogP contribution is 2.01. The Morgan fingerprint density at radius 2 is 1.43 bits per heavy atom. The van der Waals surface area contributed by atoms with Gasteiger partial charge in [0.25, 0.3) is 0 Å². The third kappa shape index (κ3) is 15.7. The summed E-state index contributed by atoms with van der Waals surface area (Å²) in [6, 6.07) is 9.49. The van der Waals surface area contributed by atoms with E-state index in [1.165, 1.54) is 0 Å². The van der Waals surface area contributed by atoms with E-state index in [-0.39, 0.29) is 19.2 Å². The molecule has 1 rings (SSSR count). The minimum atomic E-state index is -0.470. The zero-order chi connectivity index (χ0) is 21.7. The number of carbonyl (C=O) groups excluding carboxylic acids is 2. The Kier molecular flexibility index (Phi) is 16.3. The summed E-state index contributed by atoms with van der Waals surface area (Å²) in [5, 5.41) is 2.62. The first-order chi connectivity index (χ1) is 14.7. The first-order valence-corrected chi connectivity index (χ1v) is 10.6. The number of benzene rings is 1. The van der Waals surface area contributed by atoms with Gasteiger partial charge in [-0.15, -0.1) is 0 Å². The number of alkyl carbamates (subject to hydrolysis) is 1. The number of hydrogen-bond donors (Lipinski definition) is 1. The number of rotatable bonds is 18. The number of carbonyl (C=O) groups is 2. The van der Waals surface area contributed by atoms with Crippen LogP contribution in [0.5, 0.6) is 0 Å². The maximum absolute atomic E-state index is 11.5. The number of unbranched alkanes of at least 4 members (excludes halogenated alkanes) is 2. The molecule has 1 aromatic rings. The van der Waals surface area contributed by atoms with E-state index in [0.29, 0.717) is 52.6 Å². The van der Waals surface area contributed by atoms with E-state index >= 15 is 0 Å². The summed E-state index contributed by atoms with van der Waals surface area (Å²) in [4.78, 5) is 22.9. The summed E-state index contributed by atoms with van der Waals surface area (Å²) >= 11 is 0. The van der Waals surface area contributed by atoms with Crippen molar-refractivity contribution in [2.75, 3.05) is 52.8 Å². The van der Waals surface area contributed by atoms with Gasteiger partial charge in [0, 0.05) is 13.0 Å². The van der Waals surface area contributed by atoms with Crippen LogP contribution in [0.3, 0.4) is 0 Å². The monoisotopic (exact) mass is 425 g/mol. The third-order valence-corrected chi connectivity index (χ3v) is 3.95. The lowest BCUT2D eigenvalue weighted by molar-refractivity contribution is -0.145. The Morgan fingerprint density at radius 3 is 2.10 bits per heavy atom. The fourth-order valence-electron chi connectivity index (χ4n) is 2.35. The van der Waals surface area contributed by atoms with Crippen LogP contribution in [0.15, 0.2) is 30.3 Å². The van der Waals surface area contributed by atoms with Gasteiger partial charge in [0.2, 0.25) is 0 Å². The first-order valence-electron chi connectivity index (χ1n) is 10.6. The number of ether oxygens (including phenoxy) is 5. The zero-order valence-electron chi connectivity index (χ0n) is 17.9. The number of nitrogens with one attached hydrogen (secondary N) is 1. The van der Waals surface area contributed by atoms with Gasteiger partial charge in [-0.3, -0.25) is 4.79 Å². The maximum Gasteiger partial charge on any atom is 0.407 e. The average molecular weight is 426 g/mol. The molecule has 0 saturated heterocycles. The van der Waals surface area contributed by atoms with Crippen LogP contribution in [-0.4, -0.2) is 64.9 Å². The number of esters is 1. The van der Waals surface area contributed by atoms with Gasteiger partial charge in [-0.25, -0.2) is 4.79 Å². The number of hydrogen-bond acceptors (Lipinski definition) is 7. The van der Waals surface area contributed by atoms with Gasteiger partial charge < -0.3 is 29.0 Å². The maximum atomic E-state index is 11.5. The summed E-state index contributed by atoms with van der Waals surface area (Å²) in [5.41, 5.74) is 0.938. The van der Waals surface area contributed by atoms with Crippen molar-refractivity contribution in [1.82, 2.24) is 5.32 Å². The minimum Gasteiger partial charge on any atom is -0.463 e. The molecule has 0 heterocycles. The molecule has 0 fully saturated rings. The van der Waals surface area contributed by atoms with Crippen LogP contribution in [0.25, 0.3) is 0 Å². The predicted octanol–water partition coefficient (Wildman–Crippen LogP) is 3.09. The average Bonchev–Trinajstić information content (AvgIpc) is 2.76. The first kappa shape index (κ1) is 25.9. The van der Waals surface area contributed by atoms with Gasteiger partial charge in [-0.1, -0.05) is 50.1 Å². The quantitative estimate of drug-likeness (QED) is 0.285. The molecule has 0 spiro atoms. The lowest BCUT2D eigenvalue weighted by atomic mass is 10.2. The van der Waals surface area contributed by atoms with Gasteiger partial charge in [-0.05, 0) is 12.0 Å². The van der Waals surface area contributed by atoms with Crippen molar-refractivity contribution in [2.45, 2.75) is 39.2 Å². The van der Waals surface area contributed by atoms with Crippen molar-refractivity contribution in [3.8, 4) is 0 Å². The van der Waals surface area contributed by atoms with E-state index in [0.717, 1.165) is 24.8 Å². The highest BCUT2D eigenvalue weighted by molar-refractivity contribution is 5.69. The van der Waals surface area contributed by atoms with E-state index in [1.807, 2.05) is 30.3 Å². The normalized spacial score (nSPS) is 10.6. The molecule has 1 aromatic carbocycles. The smallest absolute Gasteiger partial charge is 0.407 e. The van der Waals surface area contributed by atoms with Crippen LogP contribution >= 0.6 is 0 Å². The largest absolute Gasteiger partial charge is 0.463 e. The zero-order valence-corrected chi connectivity index (χ0v) is 17.9. The molecule has 8 heteroatoms. The molecule has 0 atom stereocenters. The molecular weight excluding hydrogens is 390 g/mol. The van der Waals surface area contributed by atoms with E-state index < -0.39 is 6.09 Å². The molecule has 0 bridgehead atoms. The second kappa shape index (κ2) is 18.8. The Hall–Kier alpha value is -2.16. The van der Waals surface area contributed by atoms with Crippen molar-refractivity contribution in [1.29, 1.82) is 0 Å². The molecule has 0 radical (unpaired) electrons. The molecule has 0 saturated carbocycles. The SMILES string of the molecule is CCCCCC(=O)OCCOCCOCCOCCNC(=O)OCc1ccccc1. The second-order valence-electron chi connectivity index (χ2n) is 6.50. The van der Waals surface area contributed by atoms with Gasteiger partial charge in [-0.2, -0.15) is 0 Å². The topological polar surface area (TPSA) is 92.3 Å². The Morgan fingerprint density at radius 1 is 0.800 bits per heavy atom. The molecule has 8 nitrogen and oxygen atoms in total. The Bertz CT molecular complexity index is 554. The van der Waals surface area contributed by atoms with E-state index in [4.69, 9.17) is 23.7 Å². The Balaban J connectivity index is 1.78. The fourth-order valence-corrected chi connectivity index (χ4v) is 2.35. The van der Waals surface area contributed by atoms with E-state index in [9.17, 15) is 9.59 Å². The van der Waals surface area contributed by atoms with Gasteiger partial charge >= 0.3 is 12.1 Å². The molecule has 30 heavy (non-hydrogen) atoms. The lowest BCUT2D eigenvalue weighted by Gasteiger charge is -2.09. The molecule has 0 aromatic heterocycles. The molecule has 170 valence electrons. The molecule has 0 aliphatic heterocycles. The highest BCUT2D eigenvalue weighted by Gasteiger charge is 2.02. The lowest BCUT2D eigenvalue weighted by Crippen LogP contribution is -2.28. The van der Waals surface area contributed by atoms with Crippen molar-refractivity contribution >= 4 is 12.1 Å². The summed E-state index contributed by atoms with van der Waals surface area (Å²) in [6.07, 6.45) is 3.01. The molecule has 1 N–H and O–H groups in total. The molecule has 0 aliphatic carbocycles. The van der Waals surface area contributed by atoms with Gasteiger partial charge in [0.1, 0.15) is 13.2 Å². The van der Waals surface area contributed by atoms with Crippen LogP contribution < -0.4 is 5.32 Å². The van der Waals surface area contributed by atoms with Crippen LogP contribution in [0, 0.1) is 0 Å². The summed E-state index contributed by atoms with van der Waals surface area (Å²) in [6.45, 7) is 5.46. The van der Waals surface area contributed by atoms with Crippen molar-refractivity contribution < 1.29 is 33.3 Å². The van der Waals surface area contributed by atoms with Gasteiger partial charge in [0.05, 0.1) is 39.6 Å². The highest BCUT2D eigenvalue weighted by atomic mass is 16.6. The molecular formula is C22H35NO7. The van der Waals surface area contributed by atoms with Crippen LogP contribution in [0.2, 0.25) is 0 Å². The second-order valence-corrected chi connectivity index (χ2v) is 6.50. The van der Waals surface area contributed by atoms with Crippen molar-refractivity contribution in [3.05, 3.63) is 35.9 Å². The fraction of sp³-hybridized carbons (Fsp3) is 0.636. The van der Waals surface area contributed by atoms with Crippen molar-refractivity contribution in [2.24, 2.45) is 0 Å². The molecule has 0 aliphatic rings. The van der Waals surface area contributed by atoms with Crippen LogP contribution in [0.1, 0.15) is 38.2 Å². The Labute approximate surface area is 179 Å².